The standard InChI is InChI=1S/C27H32F2N4O/c1-4-32(27(34)14-19(2)3)18-25-23-17-31(16-20-8-5-6-11-24(20)29)13-12-26(23)33(30-25)22-10-7-9-21(28)15-22/h5-11,15,19H,4,12-14,16-18H2,1-3H3. The number of halogens is 2. The summed E-state index contributed by atoms with van der Waals surface area (Å²) < 4.78 is 30.1. The quantitative estimate of drug-likeness (QED) is 0.464. The fourth-order valence-electron chi connectivity index (χ4n) is 4.53. The third kappa shape index (κ3) is 5.36. The lowest BCUT2D eigenvalue weighted by molar-refractivity contribution is -0.132. The zero-order valence-corrected chi connectivity index (χ0v) is 20.1. The molecule has 1 aliphatic heterocycles. The van der Waals surface area contributed by atoms with Crippen LogP contribution in [0.25, 0.3) is 5.69 Å². The number of carbonyl (C=O) groups excluding carboxylic acids is 1. The molecule has 7 heteroatoms. The van der Waals surface area contributed by atoms with E-state index in [9.17, 15) is 13.6 Å². The molecule has 0 radical (unpaired) electrons. The van der Waals surface area contributed by atoms with Gasteiger partial charge in [-0.25, -0.2) is 13.5 Å². The summed E-state index contributed by atoms with van der Waals surface area (Å²) >= 11 is 0. The van der Waals surface area contributed by atoms with E-state index in [1.54, 1.807) is 12.1 Å². The molecular weight excluding hydrogens is 434 g/mol. The molecule has 1 aliphatic rings. The first-order valence-corrected chi connectivity index (χ1v) is 11.9. The van der Waals surface area contributed by atoms with Gasteiger partial charge in [0.25, 0.3) is 0 Å². The summed E-state index contributed by atoms with van der Waals surface area (Å²) in [5.41, 5.74) is 4.21. The van der Waals surface area contributed by atoms with E-state index in [-0.39, 0.29) is 23.5 Å². The molecule has 0 saturated heterocycles. The SMILES string of the molecule is CCN(Cc1nn(-c2cccc(F)c2)c2c1CN(Cc1ccccc1F)CC2)C(=O)CC(C)C. The molecule has 0 fully saturated rings. The third-order valence-electron chi connectivity index (χ3n) is 6.28. The number of amides is 1. The van der Waals surface area contributed by atoms with Crippen LogP contribution < -0.4 is 0 Å². The van der Waals surface area contributed by atoms with Crippen LogP contribution in [-0.4, -0.2) is 38.6 Å². The molecule has 0 aliphatic carbocycles. The fraction of sp³-hybridized carbons (Fsp3) is 0.407. The van der Waals surface area contributed by atoms with Gasteiger partial charge in [0.2, 0.25) is 5.91 Å². The molecule has 0 N–H and O–H groups in total. The summed E-state index contributed by atoms with van der Waals surface area (Å²) in [6, 6.07) is 13.2. The van der Waals surface area contributed by atoms with E-state index in [1.807, 2.05) is 48.6 Å². The van der Waals surface area contributed by atoms with Crippen LogP contribution in [0.5, 0.6) is 0 Å². The Morgan fingerprint density at radius 2 is 1.94 bits per heavy atom. The molecule has 0 atom stereocenters. The smallest absolute Gasteiger partial charge is 0.223 e. The molecule has 1 aromatic heterocycles. The number of nitrogens with zero attached hydrogens (tertiary/aromatic N) is 4. The topological polar surface area (TPSA) is 41.4 Å². The highest BCUT2D eigenvalue weighted by Gasteiger charge is 2.28. The Labute approximate surface area is 200 Å². The first-order valence-electron chi connectivity index (χ1n) is 11.9. The molecule has 3 aromatic rings. The summed E-state index contributed by atoms with van der Waals surface area (Å²) in [6.45, 7) is 8.88. The first kappa shape index (κ1) is 24.1. The van der Waals surface area contributed by atoms with Gasteiger partial charge in [0, 0.05) is 50.1 Å². The summed E-state index contributed by atoms with van der Waals surface area (Å²) in [7, 11) is 0. The van der Waals surface area contributed by atoms with Gasteiger partial charge in [0.15, 0.2) is 0 Å². The lowest BCUT2D eigenvalue weighted by Gasteiger charge is -2.28. The van der Waals surface area contributed by atoms with Crippen LogP contribution in [0.3, 0.4) is 0 Å². The highest BCUT2D eigenvalue weighted by molar-refractivity contribution is 5.76. The summed E-state index contributed by atoms with van der Waals surface area (Å²) in [6.07, 6.45) is 1.19. The van der Waals surface area contributed by atoms with Crippen molar-refractivity contribution in [2.24, 2.45) is 5.92 Å². The number of carbonyl (C=O) groups is 1. The predicted octanol–water partition coefficient (Wildman–Crippen LogP) is 5.10. The number of hydrogen-bond acceptors (Lipinski definition) is 3. The molecule has 34 heavy (non-hydrogen) atoms. The van der Waals surface area contributed by atoms with E-state index in [4.69, 9.17) is 5.10 Å². The van der Waals surface area contributed by atoms with Gasteiger partial charge in [0.05, 0.1) is 23.6 Å². The molecule has 4 rings (SSSR count). The Morgan fingerprint density at radius 1 is 1.15 bits per heavy atom. The summed E-state index contributed by atoms with van der Waals surface area (Å²) in [5.74, 6) is -0.148. The van der Waals surface area contributed by atoms with Gasteiger partial charge < -0.3 is 4.90 Å². The summed E-state index contributed by atoms with van der Waals surface area (Å²) in [4.78, 5) is 16.8. The minimum atomic E-state index is -0.317. The minimum absolute atomic E-state index is 0.102. The van der Waals surface area contributed by atoms with Crippen LogP contribution in [0.2, 0.25) is 0 Å². The van der Waals surface area contributed by atoms with Gasteiger partial charge in [-0.15, -0.1) is 0 Å². The number of fused-ring (bicyclic) bond motifs is 1. The maximum Gasteiger partial charge on any atom is 0.223 e. The van der Waals surface area contributed by atoms with Crippen molar-refractivity contribution >= 4 is 5.91 Å². The molecule has 2 aromatic carbocycles. The van der Waals surface area contributed by atoms with Crippen LogP contribution in [0.4, 0.5) is 8.78 Å². The molecule has 0 unspecified atom stereocenters. The van der Waals surface area contributed by atoms with Crippen LogP contribution >= 0.6 is 0 Å². The van der Waals surface area contributed by atoms with Crippen molar-refractivity contribution in [1.29, 1.82) is 0 Å². The predicted molar refractivity (Wildman–Crippen MR) is 128 cm³/mol. The Hall–Kier alpha value is -3.06. The second kappa shape index (κ2) is 10.5. The van der Waals surface area contributed by atoms with Gasteiger partial charge in [-0.3, -0.25) is 9.69 Å². The molecule has 0 bridgehead atoms. The van der Waals surface area contributed by atoms with Crippen molar-refractivity contribution in [1.82, 2.24) is 19.6 Å². The van der Waals surface area contributed by atoms with Gasteiger partial charge in [0.1, 0.15) is 11.6 Å². The van der Waals surface area contributed by atoms with Crippen LogP contribution in [0.15, 0.2) is 48.5 Å². The highest BCUT2D eigenvalue weighted by Crippen LogP contribution is 2.28. The maximum atomic E-state index is 14.3. The Kier molecular flexibility index (Phi) is 7.41. The average Bonchev–Trinajstić information content (AvgIpc) is 3.16. The van der Waals surface area contributed by atoms with Gasteiger partial charge in [-0.05, 0) is 37.1 Å². The second-order valence-electron chi connectivity index (χ2n) is 9.32. The summed E-state index contributed by atoms with van der Waals surface area (Å²) in [5, 5.41) is 4.87. The molecular formula is C27H32F2N4O. The van der Waals surface area contributed by atoms with E-state index in [1.165, 1.54) is 18.2 Å². The Bertz CT molecular complexity index is 1160. The van der Waals surface area contributed by atoms with E-state index >= 15 is 0 Å². The monoisotopic (exact) mass is 466 g/mol. The van der Waals surface area contributed by atoms with Crippen molar-refractivity contribution in [3.8, 4) is 5.69 Å². The highest BCUT2D eigenvalue weighted by atomic mass is 19.1. The van der Waals surface area contributed by atoms with Crippen LogP contribution in [0, 0.1) is 17.6 Å². The van der Waals surface area contributed by atoms with Crippen LogP contribution in [-0.2, 0) is 30.8 Å². The van der Waals surface area contributed by atoms with E-state index in [0.29, 0.717) is 50.3 Å². The van der Waals surface area contributed by atoms with Crippen LogP contribution in [0.1, 0.15) is 49.7 Å². The second-order valence-corrected chi connectivity index (χ2v) is 9.32. The molecule has 180 valence electrons. The fourth-order valence-corrected chi connectivity index (χ4v) is 4.53. The molecule has 5 nitrogen and oxygen atoms in total. The Balaban J connectivity index is 1.67. The van der Waals surface area contributed by atoms with Crippen molar-refractivity contribution in [2.75, 3.05) is 13.1 Å². The molecule has 0 saturated carbocycles. The zero-order valence-electron chi connectivity index (χ0n) is 20.1. The minimum Gasteiger partial charge on any atom is -0.337 e. The number of rotatable bonds is 8. The maximum absolute atomic E-state index is 14.3. The van der Waals surface area contributed by atoms with Gasteiger partial charge >= 0.3 is 0 Å². The number of benzene rings is 2. The lowest BCUT2D eigenvalue weighted by atomic mass is 10.0. The molecule has 1 amide bonds. The van der Waals surface area contributed by atoms with Crippen molar-refractivity contribution in [2.45, 2.75) is 53.2 Å². The van der Waals surface area contributed by atoms with E-state index in [0.717, 1.165) is 23.5 Å². The Morgan fingerprint density at radius 3 is 2.65 bits per heavy atom. The van der Waals surface area contributed by atoms with Crippen molar-refractivity contribution < 1.29 is 13.6 Å². The normalized spacial score (nSPS) is 13.8. The zero-order chi connectivity index (χ0) is 24.2. The van der Waals surface area contributed by atoms with E-state index < -0.39 is 0 Å². The number of aromatic nitrogens is 2. The number of hydrogen-bond donors (Lipinski definition) is 0. The van der Waals surface area contributed by atoms with Gasteiger partial charge in [-0.1, -0.05) is 38.1 Å². The van der Waals surface area contributed by atoms with E-state index in [2.05, 4.69) is 4.90 Å². The lowest BCUT2D eigenvalue weighted by Crippen LogP contribution is -2.33. The molecule has 2 heterocycles. The average molecular weight is 467 g/mol. The third-order valence-corrected chi connectivity index (χ3v) is 6.28. The largest absolute Gasteiger partial charge is 0.337 e. The van der Waals surface area contributed by atoms with Gasteiger partial charge in [-0.2, -0.15) is 5.10 Å². The first-order chi connectivity index (χ1) is 16.4. The molecule has 0 spiro atoms. The van der Waals surface area contributed by atoms with Crippen molar-refractivity contribution in [3.05, 3.63) is 82.7 Å². The van der Waals surface area contributed by atoms with Crippen molar-refractivity contribution in [3.63, 3.8) is 0 Å².